The molecular formula is C15H22ClFIN3O. The van der Waals surface area contributed by atoms with Crippen molar-refractivity contribution in [2.75, 3.05) is 26.8 Å². The SMILES string of the molecule is CCNC(=NCCOC)NC1CC1c1c(F)cccc1Cl.I. The fourth-order valence-electron chi connectivity index (χ4n) is 2.28. The highest BCUT2D eigenvalue weighted by Crippen LogP contribution is 2.44. The number of rotatable bonds is 6. The van der Waals surface area contributed by atoms with Crippen LogP contribution in [-0.2, 0) is 4.74 Å². The van der Waals surface area contributed by atoms with Crippen LogP contribution in [0.3, 0.4) is 0 Å². The molecule has 0 spiro atoms. The number of benzene rings is 1. The second-order valence-corrected chi connectivity index (χ2v) is 5.39. The average molecular weight is 442 g/mol. The first-order valence-electron chi connectivity index (χ1n) is 7.15. The minimum Gasteiger partial charge on any atom is -0.383 e. The topological polar surface area (TPSA) is 45.7 Å². The van der Waals surface area contributed by atoms with Gasteiger partial charge < -0.3 is 15.4 Å². The van der Waals surface area contributed by atoms with Crippen LogP contribution in [0.1, 0.15) is 24.8 Å². The Morgan fingerprint density at radius 1 is 1.50 bits per heavy atom. The zero-order valence-electron chi connectivity index (χ0n) is 12.7. The van der Waals surface area contributed by atoms with Crippen LogP contribution in [0, 0.1) is 5.82 Å². The summed E-state index contributed by atoms with van der Waals surface area (Å²) < 4.78 is 18.9. The number of halogens is 3. The van der Waals surface area contributed by atoms with E-state index in [1.54, 1.807) is 19.2 Å². The summed E-state index contributed by atoms with van der Waals surface area (Å²) in [4.78, 5) is 4.40. The maximum Gasteiger partial charge on any atom is 0.191 e. The van der Waals surface area contributed by atoms with Gasteiger partial charge in [0.1, 0.15) is 5.82 Å². The third-order valence-corrected chi connectivity index (χ3v) is 3.72. The molecular weight excluding hydrogens is 420 g/mol. The highest BCUT2D eigenvalue weighted by Gasteiger charge is 2.41. The van der Waals surface area contributed by atoms with Gasteiger partial charge in [-0.3, -0.25) is 4.99 Å². The lowest BCUT2D eigenvalue weighted by Gasteiger charge is -2.12. The zero-order valence-corrected chi connectivity index (χ0v) is 15.8. The number of guanidine groups is 1. The van der Waals surface area contributed by atoms with Gasteiger partial charge in [0.25, 0.3) is 0 Å². The third kappa shape index (κ3) is 5.24. The molecule has 0 aliphatic heterocycles. The molecule has 0 saturated heterocycles. The van der Waals surface area contributed by atoms with Gasteiger partial charge in [0.05, 0.1) is 13.2 Å². The van der Waals surface area contributed by atoms with Gasteiger partial charge in [-0.25, -0.2) is 4.39 Å². The Labute approximate surface area is 152 Å². The lowest BCUT2D eigenvalue weighted by atomic mass is 10.1. The van der Waals surface area contributed by atoms with Gasteiger partial charge in [0, 0.05) is 36.2 Å². The smallest absolute Gasteiger partial charge is 0.191 e. The summed E-state index contributed by atoms with van der Waals surface area (Å²) in [5.41, 5.74) is 0.601. The predicted octanol–water partition coefficient (Wildman–Crippen LogP) is 3.15. The normalized spacial score (nSPS) is 20.3. The fourth-order valence-corrected chi connectivity index (χ4v) is 2.59. The van der Waals surface area contributed by atoms with Crippen molar-refractivity contribution in [3.05, 3.63) is 34.6 Å². The minimum atomic E-state index is -0.238. The fraction of sp³-hybridized carbons (Fsp3) is 0.533. The van der Waals surface area contributed by atoms with Gasteiger partial charge in [-0.05, 0) is 25.5 Å². The molecule has 1 aromatic carbocycles. The van der Waals surface area contributed by atoms with Gasteiger partial charge in [-0.15, -0.1) is 24.0 Å². The number of ether oxygens (including phenoxy) is 1. The van der Waals surface area contributed by atoms with E-state index >= 15 is 0 Å². The Bertz CT molecular complexity index is 495. The molecule has 0 bridgehead atoms. The molecule has 4 nitrogen and oxygen atoms in total. The number of nitrogens with one attached hydrogen (secondary N) is 2. The molecule has 1 aliphatic rings. The molecule has 124 valence electrons. The van der Waals surface area contributed by atoms with Crippen molar-refractivity contribution in [1.29, 1.82) is 0 Å². The molecule has 1 saturated carbocycles. The monoisotopic (exact) mass is 441 g/mol. The summed E-state index contributed by atoms with van der Waals surface area (Å²) in [6, 6.07) is 4.98. The molecule has 2 rings (SSSR count). The van der Waals surface area contributed by atoms with E-state index in [9.17, 15) is 4.39 Å². The Morgan fingerprint density at radius 2 is 2.27 bits per heavy atom. The highest BCUT2D eigenvalue weighted by molar-refractivity contribution is 14.0. The molecule has 1 fully saturated rings. The molecule has 0 amide bonds. The van der Waals surface area contributed by atoms with Gasteiger partial charge >= 0.3 is 0 Å². The van der Waals surface area contributed by atoms with Crippen LogP contribution in [0.25, 0.3) is 0 Å². The number of aliphatic imine (C=N–C) groups is 1. The summed E-state index contributed by atoms with van der Waals surface area (Å²) in [5.74, 6) is 0.595. The van der Waals surface area contributed by atoms with Crippen LogP contribution in [-0.4, -0.2) is 38.8 Å². The van der Waals surface area contributed by atoms with Gasteiger partial charge in [0.2, 0.25) is 0 Å². The first-order chi connectivity index (χ1) is 10.2. The van der Waals surface area contributed by atoms with Crippen LogP contribution in [0.2, 0.25) is 5.02 Å². The Balaban J connectivity index is 0.00000242. The van der Waals surface area contributed by atoms with E-state index in [1.165, 1.54) is 6.07 Å². The lowest BCUT2D eigenvalue weighted by molar-refractivity contribution is 0.208. The van der Waals surface area contributed by atoms with Crippen molar-refractivity contribution < 1.29 is 9.13 Å². The standard InChI is InChI=1S/C15H21ClFN3O.HI/c1-3-18-15(19-7-8-21-2)20-13-9-10(13)14-11(16)5-4-6-12(14)17;/h4-6,10,13H,3,7-9H2,1-2H3,(H2,18,19,20);1H. The molecule has 0 radical (unpaired) electrons. The Hall–Kier alpha value is -0.600. The number of hydrogen-bond donors (Lipinski definition) is 2. The van der Waals surface area contributed by atoms with E-state index in [0.717, 1.165) is 18.9 Å². The molecule has 22 heavy (non-hydrogen) atoms. The maximum absolute atomic E-state index is 13.9. The van der Waals surface area contributed by atoms with E-state index in [0.29, 0.717) is 23.7 Å². The molecule has 1 aromatic rings. The van der Waals surface area contributed by atoms with Gasteiger partial charge in [0.15, 0.2) is 5.96 Å². The summed E-state index contributed by atoms with van der Waals surface area (Å²) in [6.07, 6.45) is 0.856. The molecule has 2 N–H and O–H groups in total. The van der Waals surface area contributed by atoms with Gasteiger partial charge in [-0.2, -0.15) is 0 Å². The zero-order chi connectivity index (χ0) is 15.2. The maximum atomic E-state index is 13.9. The first kappa shape index (κ1) is 19.4. The van der Waals surface area contributed by atoms with E-state index < -0.39 is 0 Å². The number of hydrogen-bond acceptors (Lipinski definition) is 2. The molecule has 0 aromatic heterocycles. The van der Waals surface area contributed by atoms with Crippen molar-refractivity contribution in [1.82, 2.24) is 10.6 Å². The van der Waals surface area contributed by atoms with E-state index in [-0.39, 0.29) is 41.8 Å². The number of methoxy groups -OCH3 is 1. The van der Waals surface area contributed by atoms with Crippen molar-refractivity contribution in [3.63, 3.8) is 0 Å². The van der Waals surface area contributed by atoms with E-state index in [1.807, 2.05) is 6.92 Å². The van der Waals surface area contributed by atoms with Crippen molar-refractivity contribution in [2.45, 2.75) is 25.3 Å². The van der Waals surface area contributed by atoms with Gasteiger partial charge in [-0.1, -0.05) is 17.7 Å². The molecule has 2 unspecified atom stereocenters. The first-order valence-corrected chi connectivity index (χ1v) is 7.52. The summed E-state index contributed by atoms with van der Waals surface area (Å²) in [7, 11) is 1.65. The predicted molar refractivity (Wildman–Crippen MR) is 99.0 cm³/mol. The molecule has 7 heteroatoms. The lowest BCUT2D eigenvalue weighted by Crippen LogP contribution is -2.39. The summed E-state index contributed by atoms with van der Waals surface area (Å²) >= 11 is 6.10. The minimum absolute atomic E-state index is 0. The molecule has 1 aliphatic carbocycles. The van der Waals surface area contributed by atoms with E-state index in [4.69, 9.17) is 16.3 Å². The highest BCUT2D eigenvalue weighted by atomic mass is 127. The third-order valence-electron chi connectivity index (χ3n) is 3.39. The summed E-state index contributed by atoms with van der Waals surface area (Å²) in [6.45, 7) is 3.94. The largest absolute Gasteiger partial charge is 0.383 e. The van der Waals surface area contributed by atoms with Crippen molar-refractivity contribution >= 4 is 41.5 Å². The van der Waals surface area contributed by atoms with Crippen molar-refractivity contribution in [2.24, 2.45) is 4.99 Å². The van der Waals surface area contributed by atoms with E-state index in [2.05, 4.69) is 15.6 Å². The quantitative estimate of drug-likeness (QED) is 0.309. The molecule has 2 atom stereocenters. The second-order valence-electron chi connectivity index (χ2n) is 4.98. The second kappa shape index (κ2) is 9.52. The van der Waals surface area contributed by atoms with Crippen LogP contribution in [0.5, 0.6) is 0 Å². The van der Waals surface area contributed by atoms with Crippen LogP contribution in [0.15, 0.2) is 23.2 Å². The Kier molecular flexibility index (Phi) is 8.41. The number of nitrogens with zero attached hydrogens (tertiary/aromatic N) is 1. The Morgan fingerprint density at radius 3 is 2.91 bits per heavy atom. The van der Waals surface area contributed by atoms with Crippen LogP contribution >= 0.6 is 35.6 Å². The molecule has 0 heterocycles. The van der Waals surface area contributed by atoms with Crippen LogP contribution in [0.4, 0.5) is 4.39 Å². The average Bonchev–Trinajstić information content (AvgIpc) is 3.18. The van der Waals surface area contributed by atoms with Crippen LogP contribution < -0.4 is 10.6 Å². The van der Waals surface area contributed by atoms with Crippen molar-refractivity contribution in [3.8, 4) is 0 Å². The summed E-state index contributed by atoms with van der Waals surface area (Å²) in [5, 5.41) is 6.97.